The van der Waals surface area contributed by atoms with Crippen LogP contribution in [0.5, 0.6) is 0 Å². The molecule has 3 aliphatic rings. The smallest absolute Gasteiger partial charge is 0.172 e. The first kappa shape index (κ1) is 11.2. The Morgan fingerprint density at radius 3 is 2.17 bits per heavy atom. The summed E-state index contributed by atoms with van der Waals surface area (Å²) in [6, 6.07) is 0. The molecule has 0 aromatic heterocycles. The van der Waals surface area contributed by atoms with Gasteiger partial charge in [-0.2, -0.15) is 12.6 Å². The molecule has 3 unspecified atom stereocenters. The number of hydrogen-bond acceptors (Lipinski definition) is 1. The van der Waals surface area contributed by atoms with Crippen LogP contribution in [0.1, 0.15) is 40.0 Å². The van der Waals surface area contributed by atoms with Crippen molar-refractivity contribution >= 4 is 12.6 Å². The minimum absolute atomic E-state index is 0. The van der Waals surface area contributed by atoms with Gasteiger partial charge in [0.2, 0.25) is 0 Å². The Kier molecular flexibility index (Phi) is 2.84. The van der Waals surface area contributed by atoms with Crippen molar-refractivity contribution in [1.29, 1.82) is 0 Å². The normalized spacial score (nSPS) is 49.0. The third-order valence-electron chi connectivity index (χ3n) is 4.46. The van der Waals surface area contributed by atoms with E-state index in [0.717, 1.165) is 11.8 Å². The van der Waals surface area contributed by atoms with Gasteiger partial charge in [0.05, 0.1) is 0 Å². The van der Waals surface area contributed by atoms with Crippen molar-refractivity contribution in [2.75, 3.05) is 0 Å². The molecular weight excluding hydrogens is 349 g/mol. The monoisotopic (exact) mass is 367 g/mol. The molecule has 3 rings (SSSR count). The molecule has 0 aromatic carbocycles. The molecule has 74 valence electrons. The van der Waals surface area contributed by atoms with E-state index < -0.39 is 0 Å². The van der Waals surface area contributed by atoms with Gasteiger partial charge in [0, 0.05) is 4.75 Å². The molecule has 0 saturated heterocycles. The van der Waals surface area contributed by atoms with Gasteiger partial charge in [0.25, 0.3) is 0 Å². The average Bonchev–Trinajstić information content (AvgIpc) is 1.94. The second-order valence-corrected chi connectivity index (χ2v) is 5.82. The zero-order chi connectivity index (χ0) is 8.28. The number of thiol groups is 1. The zero-order valence-electron chi connectivity index (χ0n) is 8.02. The van der Waals surface area contributed by atoms with Crippen molar-refractivity contribution in [2.45, 2.75) is 44.8 Å². The quantitative estimate of drug-likeness (QED) is 0.494. The van der Waals surface area contributed by atoms with Crippen LogP contribution in [0.3, 0.4) is 0 Å². The van der Waals surface area contributed by atoms with E-state index >= 15 is 0 Å². The molecule has 0 aliphatic heterocycles. The third kappa shape index (κ3) is 1.10. The van der Waals surface area contributed by atoms with Gasteiger partial charge in [-0.15, -0.1) is 0 Å². The van der Waals surface area contributed by atoms with E-state index in [0.29, 0.717) is 10.2 Å². The fourth-order valence-corrected chi connectivity index (χ4v) is 3.64. The van der Waals surface area contributed by atoms with Crippen LogP contribution in [0, 0.1) is 17.3 Å². The predicted octanol–water partition coefficient (Wildman–Crippen LogP) is 3.13. The SMILES string of the molecule is CC1CCC2CC1(S)C2(C)C.[Au+]. The maximum absolute atomic E-state index is 4.86. The summed E-state index contributed by atoms with van der Waals surface area (Å²) in [6.45, 7) is 7.15. The summed E-state index contributed by atoms with van der Waals surface area (Å²) in [5.41, 5.74) is 0.508. The van der Waals surface area contributed by atoms with Crippen LogP contribution in [0.15, 0.2) is 0 Å². The number of rotatable bonds is 0. The van der Waals surface area contributed by atoms with Gasteiger partial charge in [-0.3, -0.25) is 0 Å². The van der Waals surface area contributed by atoms with E-state index in [-0.39, 0.29) is 22.4 Å². The topological polar surface area (TPSA) is 0 Å². The Morgan fingerprint density at radius 2 is 1.83 bits per heavy atom. The summed E-state index contributed by atoms with van der Waals surface area (Å²) in [6.07, 6.45) is 4.21. The van der Waals surface area contributed by atoms with Crippen molar-refractivity contribution in [1.82, 2.24) is 0 Å². The van der Waals surface area contributed by atoms with Crippen LogP contribution in [0.4, 0.5) is 0 Å². The molecule has 2 bridgehead atoms. The van der Waals surface area contributed by atoms with Crippen molar-refractivity contribution in [2.24, 2.45) is 17.3 Å². The van der Waals surface area contributed by atoms with Gasteiger partial charge in [0.15, 0.2) is 0 Å². The first-order valence-corrected chi connectivity index (χ1v) is 5.15. The summed E-state index contributed by atoms with van der Waals surface area (Å²) >= 11 is 4.86. The average molecular weight is 367 g/mol. The maximum atomic E-state index is 4.86. The zero-order valence-corrected chi connectivity index (χ0v) is 11.1. The van der Waals surface area contributed by atoms with Gasteiger partial charge in [-0.05, 0) is 36.5 Å². The standard InChI is InChI=1S/C10H18S.Au/c1-7-4-5-8-6-10(7,11)9(8,2)3;/h7-8,11H,4-6H2,1-3H3;/q;+1. The summed E-state index contributed by atoms with van der Waals surface area (Å²) < 4.78 is 0.371. The maximum Gasteiger partial charge on any atom is 1.00 e. The molecule has 0 aromatic rings. The third-order valence-corrected chi connectivity index (χ3v) is 5.66. The molecule has 0 spiro atoms. The molecule has 0 N–H and O–H groups in total. The van der Waals surface area contributed by atoms with E-state index in [1.165, 1.54) is 19.3 Å². The van der Waals surface area contributed by atoms with Gasteiger partial charge in [-0.25, -0.2) is 0 Å². The van der Waals surface area contributed by atoms with Crippen molar-refractivity contribution < 1.29 is 22.4 Å². The van der Waals surface area contributed by atoms with E-state index in [9.17, 15) is 0 Å². The van der Waals surface area contributed by atoms with Crippen molar-refractivity contribution in [3.8, 4) is 0 Å². The molecular formula is C10H18AuS+. The van der Waals surface area contributed by atoms with Gasteiger partial charge in [0.1, 0.15) is 0 Å². The Bertz CT molecular complexity index is 190. The fraction of sp³-hybridized carbons (Fsp3) is 1.00. The minimum atomic E-state index is 0. The molecule has 0 heterocycles. The molecule has 2 heteroatoms. The van der Waals surface area contributed by atoms with Gasteiger partial charge >= 0.3 is 22.4 Å². The van der Waals surface area contributed by atoms with Crippen LogP contribution in [0.25, 0.3) is 0 Å². The van der Waals surface area contributed by atoms with E-state index in [2.05, 4.69) is 20.8 Å². The Labute approximate surface area is 96.8 Å². The fourth-order valence-electron chi connectivity index (χ4n) is 3.11. The molecule has 12 heavy (non-hydrogen) atoms. The number of hydrogen-bond donors (Lipinski definition) is 1. The van der Waals surface area contributed by atoms with E-state index in [1.54, 1.807) is 0 Å². The summed E-state index contributed by atoms with van der Waals surface area (Å²) in [4.78, 5) is 0. The largest absolute Gasteiger partial charge is 1.00 e. The molecule has 0 nitrogen and oxygen atoms in total. The van der Waals surface area contributed by atoms with Gasteiger partial charge < -0.3 is 0 Å². The molecule has 3 aliphatic carbocycles. The Hall–Kier alpha value is 1.09. The Balaban J connectivity index is 0.000000720. The minimum Gasteiger partial charge on any atom is -0.172 e. The summed E-state index contributed by atoms with van der Waals surface area (Å²) in [5, 5.41) is 0. The van der Waals surface area contributed by atoms with Crippen LogP contribution in [-0.2, 0) is 22.4 Å². The van der Waals surface area contributed by atoms with Crippen molar-refractivity contribution in [3.63, 3.8) is 0 Å². The molecule has 3 fully saturated rings. The Morgan fingerprint density at radius 1 is 1.25 bits per heavy atom. The summed E-state index contributed by atoms with van der Waals surface area (Å²) in [5.74, 6) is 1.79. The second kappa shape index (κ2) is 3.05. The summed E-state index contributed by atoms with van der Waals surface area (Å²) in [7, 11) is 0. The molecule has 3 saturated carbocycles. The van der Waals surface area contributed by atoms with Gasteiger partial charge in [-0.1, -0.05) is 20.8 Å². The second-order valence-electron chi connectivity index (χ2n) is 5.03. The predicted molar refractivity (Wildman–Crippen MR) is 52.0 cm³/mol. The molecule has 3 atom stereocenters. The molecule has 0 radical (unpaired) electrons. The van der Waals surface area contributed by atoms with Crippen LogP contribution >= 0.6 is 12.6 Å². The number of fused-ring (bicyclic) bond motifs is 2. The van der Waals surface area contributed by atoms with E-state index in [1.807, 2.05) is 0 Å². The molecule has 0 amide bonds. The van der Waals surface area contributed by atoms with E-state index in [4.69, 9.17) is 12.6 Å². The van der Waals surface area contributed by atoms with Crippen LogP contribution in [0.2, 0.25) is 0 Å². The van der Waals surface area contributed by atoms with Crippen LogP contribution in [-0.4, -0.2) is 4.75 Å². The first-order valence-electron chi connectivity index (χ1n) is 4.71. The van der Waals surface area contributed by atoms with Crippen LogP contribution < -0.4 is 0 Å². The van der Waals surface area contributed by atoms with Crippen molar-refractivity contribution in [3.05, 3.63) is 0 Å². The first-order chi connectivity index (χ1) is 4.98.